The minimum absolute atomic E-state index is 0.172. The van der Waals surface area contributed by atoms with Crippen LogP contribution in [0.4, 0.5) is 0 Å². The van der Waals surface area contributed by atoms with Crippen molar-refractivity contribution >= 4 is 23.5 Å². The number of nitrogens with two attached hydrogens (primary N) is 1. The zero-order valence-corrected chi connectivity index (χ0v) is 9.76. The van der Waals surface area contributed by atoms with Gasteiger partial charge >= 0.3 is 0 Å². The van der Waals surface area contributed by atoms with E-state index in [4.69, 9.17) is 15.4 Å². The monoisotopic (exact) mass is 247 g/mol. The summed E-state index contributed by atoms with van der Waals surface area (Å²) in [6.07, 6.45) is 0. The molecule has 7 heteroatoms. The van der Waals surface area contributed by atoms with Gasteiger partial charge in [-0.2, -0.15) is 16.7 Å². The lowest BCUT2D eigenvalue weighted by Gasteiger charge is -2.17. The maximum atomic E-state index is 8.85. The van der Waals surface area contributed by atoms with Crippen LogP contribution in [0.25, 0.3) is 0 Å². The maximum Gasteiger partial charge on any atom is 0.245 e. The van der Waals surface area contributed by atoms with Gasteiger partial charge < -0.3 is 15.4 Å². The molecule has 5 nitrogen and oxygen atoms in total. The van der Waals surface area contributed by atoms with Crippen LogP contribution in [0.2, 0.25) is 0 Å². The molecule has 2 rings (SSSR count). The van der Waals surface area contributed by atoms with Gasteiger partial charge in [0.1, 0.15) is 6.04 Å². The van der Waals surface area contributed by atoms with Crippen molar-refractivity contribution in [2.75, 3.05) is 23.9 Å². The van der Waals surface area contributed by atoms with Crippen molar-refractivity contribution in [1.82, 2.24) is 10.1 Å². The third-order valence-corrected chi connectivity index (χ3v) is 4.83. The summed E-state index contributed by atoms with van der Waals surface area (Å²) in [5.74, 6) is 4.33. The maximum absolute atomic E-state index is 8.85. The van der Waals surface area contributed by atoms with E-state index < -0.39 is 6.04 Å². The van der Waals surface area contributed by atoms with E-state index in [0.717, 1.165) is 11.5 Å². The molecule has 0 radical (unpaired) electrons. The van der Waals surface area contributed by atoms with Crippen LogP contribution in [0.15, 0.2) is 4.52 Å². The molecule has 15 heavy (non-hydrogen) atoms. The summed E-state index contributed by atoms with van der Waals surface area (Å²) in [4.78, 5) is 4.21. The van der Waals surface area contributed by atoms with E-state index in [-0.39, 0.29) is 6.61 Å². The molecular weight excluding hydrogens is 234 g/mol. The first-order valence-corrected chi connectivity index (χ1v) is 6.91. The molecule has 0 aromatic carbocycles. The summed E-state index contributed by atoms with van der Waals surface area (Å²) in [6, 6.07) is -0.563. The van der Waals surface area contributed by atoms with E-state index in [1.54, 1.807) is 0 Å². The van der Waals surface area contributed by atoms with E-state index in [9.17, 15) is 0 Å². The highest BCUT2D eigenvalue weighted by molar-refractivity contribution is 8.06. The molecule has 1 aromatic rings. The van der Waals surface area contributed by atoms with Crippen LogP contribution in [0, 0.1) is 0 Å². The van der Waals surface area contributed by atoms with Gasteiger partial charge in [0.15, 0.2) is 5.82 Å². The molecule has 1 aliphatic rings. The second kappa shape index (κ2) is 5.20. The van der Waals surface area contributed by atoms with Crippen LogP contribution >= 0.6 is 23.5 Å². The summed E-state index contributed by atoms with van der Waals surface area (Å²) in [5, 5.41) is 13.0. The highest BCUT2D eigenvalue weighted by Crippen LogP contribution is 2.35. The Morgan fingerprint density at radius 3 is 3.13 bits per heavy atom. The van der Waals surface area contributed by atoms with Gasteiger partial charge in [0.2, 0.25) is 5.89 Å². The predicted molar refractivity (Wildman–Crippen MR) is 60.8 cm³/mol. The van der Waals surface area contributed by atoms with Crippen molar-refractivity contribution in [2.45, 2.75) is 11.3 Å². The first kappa shape index (κ1) is 11.3. The lowest BCUT2D eigenvalue weighted by atomic mass is 10.3. The molecule has 2 heterocycles. The molecular formula is C8H13N3O2S2. The smallest absolute Gasteiger partial charge is 0.245 e. The van der Waals surface area contributed by atoms with Crippen LogP contribution in [-0.2, 0) is 0 Å². The topological polar surface area (TPSA) is 85.2 Å². The Hall–Kier alpha value is -0.240. The Kier molecular flexibility index (Phi) is 3.90. The molecule has 84 valence electrons. The van der Waals surface area contributed by atoms with Crippen molar-refractivity contribution in [3.8, 4) is 0 Å². The van der Waals surface area contributed by atoms with Gasteiger partial charge in [-0.15, -0.1) is 11.8 Å². The molecule has 0 bridgehead atoms. The third kappa shape index (κ3) is 2.66. The van der Waals surface area contributed by atoms with E-state index in [2.05, 4.69) is 10.1 Å². The van der Waals surface area contributed by atoms with Gasteiger partial charge in [0, 0.05) is 17.3 Å². The van der Waals surface area contributed by atoms with Crippen LogP contribution in [0.3, 0.4) is 0 Å². The van der Waals surface area contributed by atoms with Crippen molar-refractivity contribution in [3.63, 3.8) is 0 Å². The highest BCUT2D eigenvalue weighted by Gasteiger charge is 2.23. The molecule has 0 amide bonds. The van der Waals surface area contributed by atoms with Crippen molar-refractivity contribution in [2.24, 2.45) is 5.73 Å². The van der Waals surface area contributed by atoms with Crippen molar-refractivity contribution in [3.05, 3.63) is 11.7 Å². The van der Waals surface area contributed by atoms with Crippen LogP contribution in [0.1, 0.15) is 23.0 Å². The predicted octanol–water partition coefficient (Wildman–Crippen LogP) is 0.583. The minimum Gasteiger partial charge on any atom is -0.394 e. The number of rotatable bonds is 3. The number of nitrogens with zero attached hydrogens (tertiary/aromatic N) is 2. The zero-order valence-electron chi connectivity index (χ0n) is 8.13. The first-order valence-electron chi connectivity index (χ1n) is 4.70. The molecule has 1 unspecified atom stereocenters. The Balaban J connectivity index is 2.05. The Morgan fingerprint density at radius 2 is 2.47 bits per heavy atom. The van der Waals surface area contributed by atoms with Crippen molar-refractivity contribution < 1.29 is 9.63 Å². The zero-order chi connectivity index (χ0) is 10.7. The molecule has 0 saturated carbocycles. The molecule has 0 spiro atoms. The normalized spacial score (nSPS) is 24.0. The first-order chi connectivity index (χ1) is 7.31. The quantitative estimate of drug-likeness (QED) is 0.808. The number of aromatic nitrogens is 2. The number of thioether (sulfide) groups is 2. The second-order valence-electron chi connectivity index (χ2n) is 3.21. The summed E-state index contributed by atoms with van der Waals surface area (Å²) in [5.41, 5.74) is 5.58. The number of hydrogen-bond acceptors (Lipinski definition) is 7. The van der Waals surface area contributed by atoms with Crippen LogP contribution < -0.4 is 5.73 Å². The summed E-state index contributed by atoms with van der Waals surface area (Å²) in [7, 11) is 0. The Bertz CT molecular complexity index is 315. The molecule has 3 N–H and O–H groups in total. The van der Waals surface area contributed by atoms with Gasteiger partial charge in [0.05, 0.1) is 11.9 Å². The summed E-state index contributed by atoms with van der Waals surface area (Å²) in [6.45, 7) is -0.172. The van der Waals surface area contributed by atoms with Gasteiger partial charge in [-0.1, -0.05) is 5.16 Å². The van der Waals surface area contributed by atoms with E-state index in [0.29, 0.717) is 17.0 Å². The lowest BCUT2D eigenvalue weighted by molar-refractivity contribution is 0.236. The second-order valence-corrected chi connectivity index (χ2v) is 5.67. The van der Waals surface area contributed by atoms with E-state index >= 15 is 0 Å². The molecule has 1 aromatic heterocycles. The Morgan fingerprint density at radius 1 is 1.60 bits per heavy atom. The molecule has 1 saturated heterocycles. The number of aliphatic hydroxyl groups excluding tert-OH is 1. The van der Waals surface area contributed by atoms with E-state index in [1.165, 1.54) is 5.75 Å². The average molecular weight is 247 g/mol. The minimum atomic E-state index is -0.563. The fraction of sp³-hybridized carbons (Fsp3) is 0.750. The van der Waals surface area contributed by atoms with Gasteiger partial charge in [0.25, 0.3) is 0 Å². The van der Waals surface area contributed by atoms with Gasteiger partial charge in [-0.05, 0) is 0 Å². The Labute approximate surface area is 96.2 Å². The summed E-state index contributed by atoms with van der Waals surface area (Å²) >= 11 is 3.74. The van der Waals surface area contributed by atoms with Gasteiger partial charge in [-0.25, -0.2) is 0 Å². The fourth-order valence-electron chi connectivity index (χ4n) is 1.24. The van der Waals surface area contributed by atoms with Crippen LogP contribution in [0.5, 0.6) is 0 Å². The average Bonchev–Trinajstić information content (AvgIpc) is 2.78. The standard InChI is InChI=1S/C8H13N3O2S2/c9-5(3-12)8-10-7(11-13-8)6-4-14-1-2-15-6/h5-6,12H,1-4,9H2/t5-,6?/m0/s1. The van der Waals surface area contributed by atoms with E-state index in [1.807, 2.05) is 23.5 Å². The number of hydrogen-bond donors (Lipinski definition) is 2. The summed E-state index contributed by atoms with van der Waals surface area (Å²) < 4.78 is 5.00. The highest BCUT2D eigenvalue weighted by atomic mass is 32.2. The van der Waals surface area contributed by atoms with Gasteiger partial charge in [-0.3, -0.25) is 0 Å². The fourth-order valence-corrected chi connectivity index (χ4v) is 3.83. The SMILES string of the molecule is N[C@@H](CO)c1nc(C2CSCCS2)no1. The largest absolute Gasteiger partial charge is 0.394 e. The third-order valence-electron chi connectivity index (χ3n) is 2.08. The number of aliphatic hydroxyl groups is 1. The van der Waals surface area contributed by atoms with Crippen molar-refractivity contribution in [1.29, 1.82) is 0 Å². The molecule has 2 atom stereocenters. The molecule has 0 aliphatic carbocycles. The van der Waals surface area contributed by atoms with Crippen LogP contribution in [-0.4, -0.2) is 39.1 Å². The lowest BCUT2D eigenvalue weighted by Crippen LogP contribution is -2.15. The molecule has 1 fully saturated rings. The molecule has 1 aliphatic heterocycles.